The number of nitrogens with zero attached hydrogens (tertiary/aromatic N) is 1. The lowest BCUT2D eigenvalue weighted by Gasteiger charge is -2.16. The van der Waals surface area contributed by atoms with Gasteiger partial charge in [0.15, 0.2) is 5.96 Å². The maximum absolute atomic E-state index is 12.3. The van der Waals surface area contributed by atoms with Crippen LogP contribution in [0.3, 0.4) is 0 Å². The van der Waals surface area contributed by atoms with Gasteiger partial charge in [0.25, 0.3) is 0 Å². The molecule has 0 saturated carbocycles. The Hall–Kier alpha value is -3.88. The van der Waals surface area contributed by atoms with Crippen molar-refractivity contribution in [2.75, 3.05) is 0 Å². The van der Waals surface area contributed by atoms with Crippen LogP contribution in [0.4, 0.5) is 5.69 Å². The number of aryl methyl sites for hydroxylation is 1. The number of hydrogen-bond donors (Lipinski definition) is 4. The number of carboxylic acid groups (broad SMARTS) is 1. The first-order valence-corrected chi connectivity index (χ1v) is 10.2. The van der Waals surface area contributed by atoms with E-state index in [-0.39, 0.29) is 24.2 Å². The molecule has 170 valence electrons. The summed E-state index contributed by atoms with van der Waals surface area (Å²) in [5.41, 5.74) is 12.4. The quantitative estimate of drug-likeness (QED) is 0.191. The minimum absolute atomic E-state index is 0.0739. The molecule has 0 heterocycles. The molecule has 32 heavy (non-hydrogen) atoms. The zero-order chi connectivity index (χ0) is 23.7. The highest BCUT2D eigenvalue weighted by Gasteiger charge is 2.20. The number of carboxylic acids is 1. The number of nitrogens with two attached hydrogens (primary N) is 2. The molecule has 1 atom stereocenters. The van der Waals surface area contributed by atoms with Gasteiger partial charge < -0.3 is 26.6 Å². The Bertz CT molecular complexity index is 965. The van der Waals surface area contributed by atoms with Crippen LogP contribution in [-0.4, -0.2) is 35.0 Å². The topological polar surface area (TPSA) is 157 Å². The van der Waals surface area contributed by atoms with E-state index in [4.69, 9.17) is 16.2 Å². The largest absolute Gasteiger partial charge is 0.480 e. The van der Waals surface area contributed by atoms with Crippen molar-refractivity contribution in [3.05, 3.63) is 59.7 Å². The van der Waals surface area contributed by atoms with Crippen molar-refractivity contribution in [1.82, 2.24) is 5.32 Å². The Morgan fingerprint density at radius 2 is 1.66 bits per heavy atom. The number of rotatable bonds is 10. The minimum Gasteiger partial charge on any atom is -0.480 e. The van der Waals surface area contributed by atoms with Crippen molar-refractivity contribution in [1.29, 1.82) is 0 Å². The Morgan fingerprint density at radius 1 is 1.03 bits per heavy atom. The van der Waals surface area contributed by atoms with Crippen LogP contribution in [0.15, 0.2) is 53.5 Å². The smallest absolute Gasteiger partial charge is 0.343 e. The predicted octanol–water partition coefficient (Wildman–Crippen LogP) is 2.36. The van der Waals surface area contributed by atoms with Gasteiger partial charge in [-0.2, -0.15) is 0 Å². The number of hydrogen-bond acceptors (Lipinski definition) is 5. The number of benzene rings is 2. The zero-order valence-electron chi connectivity index (χ0n) is 18.1. The summed E-state index contributed by atoms with van der Waals surface area (Å²) in [6.45, 7) is 3.80. The van der Waals surface area contributed by atoms with Crippen LogP contribution in [-0.2, 0) is 16.0 Å². The molecule has 0 saturated heterocycles. The van der Waals surface area contributed by atoms with E-state index in [1.165, 1.54) is 0 Å². The van der Waals surface area contributed by atoms with Gasteiger partial charge in [-0.25, -0.2) is 14.6 Å². The average molecular weight is 441 g/mol. The fourth-order valence-corrected chi connectivity index (χ4v) is 2.93. The van der Waals surface area contributed by atoms with Gasteiger partial charge in [-0.1, -0.05) is 26.0 Å². The Morgan fingerprint density at radius 3 is 2.19 bits per heavy atom. The first-order chi connectivity index (χ1) is 15.1. The van der Waals surface area contributed by atoms with Gasteiger partial charge in [0.05, 0.1) is 11.3 Å². The van der Waals surface area contributed by atoms with Gasteiger partial charge in [-0.05, 0) is 60.7 Å². The lowest BCUT2D eigenvalue weighted by molar-refractivity contribution is -0.142. The van der Waals surface area contributed by atoms with Gasteiger partial charge in [-0.3, -0.25) is 4.79 Å². The van der Waals surface area contributed by atoms with E-state index < -0.39 is 18.0 Å². The standard InChI is InChI=1S/C23H28N4O5/c1-14(2)13-19(21(29)30)27-20(28)12-5-15-3-10-18(11-4-15)32-22(31)16-6-8-17(9-7-16)26-23(24)25/h3-4,6-11,14,19H,5,12-13H2,1-2H3,(H,27,28)(H,29,30)(H4,24,25,26)/t19-/m1/s1. The maximum Gasteiger partial charge on any atom is 0.343 e. The number of esters is 1. The molecule has 0 spiro atoms. The molecule has 6 N–H and O–H groups in total. The van der Waals surface area contributed by atoms with Crippen molar-refractivity contribution in [2.24, 2.45) is 22.4 Å². The molecule has 0 unspecified atom stereocenters. The van der Waals surface area contributed by atoms with E-state index in [1.807, 2.05) is 13.8 Å². The molecule has 0 aliphatic heterocycles. The van der Waals surface area contributed by atoms with Crippen LogP contribution in [0.1, 0.15) is 42.6 Å². The summed E-state index contributed by atoms with van der Waals surface area (Å²) in [6, 6.07) is 12.2. The number of carbonyl (C=O) groups is 3. The summed E-state index contributed by atoms with van der Waals surface area (Å²) in [7, 11) is 0. The highest BCUT2D eigenvalue weighted by Crippen LogP contribution is 2.17. The highest BCUT2D eigenvalue weighted by molar-refractivity contribution is 5.91. The molecule has 1 amide bonds. The number of nitrogens with one attached hydrogen (secondary N) is 1. The van der Waals surface area contributed by atoms with E-state index in [2.05, 4.69) is 10.3 Å². The number of aliphatic carboxylic acids is 1. The summed E-state index contributed by atoms with van der Waals surface area (Å²) in [4.78, 5) is 39.5. The molecule has 0 bridgehead atoms. The monoisotopic (exact) mass is 440 g/mol. The number of ether oxygens (including phenoxy) is 1. The first kappa shape index (κ1) is 24.4. The van der Waals surface area contributed by atoms with Crippen LogP contribution in [0.25, 0.3) is 0 Å². The third-order valence-corrected chi connectivity index (χ3v) is 4.48. The molecule has 2 aromatic carbocycles. The van der Waals surface area contributed by atoms with Crippen LogP contribution in [0, 0.1) is 5.92 Å². The highest BCUT2D eigenvalue weighted by atomic mass is 16.5. The second-order valence-electron chi connectivity index (χ2n) is 7.70. The fraction of sp³-hybridized carbons (Fsp3) is 0.304. The van der Waals surface area contributed by atoms with Crippen LogP contribution in [0.2, 0.25) is 0 Å². The van der Waals surface area contributed by atoms with E-state index in [9.17, 15) is 19.5 Å². The van der Waals surface area contributed by atoms with Gasteiger partial charge in [0, 0.05) is 6.42 Å². The number of guanidine groups is 1. The van der Waals surface area contributed by atoms with Gasteiger partial charge in [0.2, 0.25) is 5.91 Å². The van der Waals surface area contributed by atoms with E-state index in [0.29, 0.717) is 29.8 Å². The van der Waals surface area contributed by atoms with E-state index >= 15 is 0 Å². The lowest BCUT2D eigenvalue weighted by Crippen LogP contribution is -2.41. The van der Waals surface area contributed by atoms with Crippen molar-refractivity contribution in [3.8, 4) is 5.75 Å². The van der Waals surface area contributed by atoms with E-state index in [1.54, 1.807) is 48.5 Å². The molecule has 0 aromatic heterocycles. The normalized spacial score (nSPS) is 11.5. The van der Waals surface area contributed by atoms with E-state index in [0.717, 1.165) is 5.56 Å². The number of amides is 1. The molecule has 9 heteroatoms. The van der Waals surface area contributed by atoms with Crippen molar-refractivity contribution >= 4 is 29.5 Å². The molecular weight excluding hydrogens is 412 g/mol. The SMILES string of the molecule is CC(C)C[C@@H](NC(=O)CCc1ccc(OC(=O)c2ccc(N=C(N)N)cc2)cc1)C(=O)O. The lowest BCUT2D eigenvalue weighted by atomic mass is 10.0. The van der Waals surface area contributed by atoms with Crippen molar-refractivity contribution < 1.29 is 24.2 Å². The molecule has 0 aliphatic carbocycles. The molecule has 9 nitrogen and oxygen atoms in total. The molecular formula is C23H28N4O5. The second-order valence-corrected chi connectivity index (χ2v) is 7.70. The zero-order valence-corrected chi connectivity index (χ0v) is 18.1. The third-order valence-electron chi connectivity index (χ3n) is 4.48. The number of aliphatic imine (C=N–C) groups is 1. The Labute approximate surface area is 186 Å². The van der Waals surface area contributed by atoms with Crippen LogP contribution >= 0.6 is 0 Å². The Kier molecular flexibility index (Phi) is 8.76. The summed E-state index contributed by atoms with van der Waals surface area (Å²) >= 11 is 0. The number of carbonyl (C=O) groups excluding carboxylic acids is 2. The minimum atomic E-state index is -1.04. The predicted molar refractivity (Wildman–Crippen MR) is 121 cm³/mol. The molecule has 2 aromatic rings. The molecule has 2 rings (SSSR count). The fourth-order valence-electron chi connectivity index (χ4n) is 2.93. The van der Waals surface area contributed by atoms with Crippen LogP contribution < -0.4 is 21.5 Å². The van der Waals surface area contributed by atoms with Crippen molar-refractivity contribution in [3.63, 3.8) is 0 Å². The van der Waals surface area contributed by atoms with Crippen LogP contribution in [0.5, 0.6) is 5.75 Å². The summed E-state index contributed by atoms with van der Waals surface area (Å²) < 4.78 is 5.35. The summed E-state index contributed by atoms with van der Waals surface area (Å²) in [5, 5.41) is 11.8. The van der Waals surface area contributed by atoms with Gasteiger partial charge in [0.1, 0.15) is 11.8 Å². The second kappa shape index (κ2) is 11.5. The molecule has 0 fully saturated rings. The maximum atomic E-state index is 12.3. The van der Waals surface area contributed by atoms with Crippen molar-refractivity contribution in [2.45, 2.75) is 39.2 Å². The molecule has 0 aliphatic rings. The first-order valence-electron chi connectivity index (χ1n) is 10.2. The third kappa shape index (κ3) is 8.10. The molecule has 0 radical (unpaired) electrons. The summed E-state index contributed by atoms with van der Waals surface area (Å²) in [6.07, 6.45) is 0.960. The summed E-state index contributed by atoms with van der Waals surface area (Å²) in [5.74, 6) is -1.45. The Balaban J connectivity index is 1.87. The van der Waals surface area contributed by atoms with Gasteiger partial charge >= 0.3 is 11.9 Å². The average Bonchev–Trinajstić information content (AvgIpc) is 2.72. The van der Waals surface area contributed by atoms with Gasteiger partial charge in [-0.15, -0.1) is 0 Å².